The standard InChI is InChI=1S/C24H32Br3N2O19/c1-11(30)29(8)24(48-45-17(7)36,22(26,46-43-15(5)34)20(41-13(3)32)42-14(4)33)23(27,47-44-16(6)35)21(39,18(25)37)19(38)28-9-10-40-12(2)31/h18,37,39H,9-10H2,1-8H3,(H,28,38)/t18?,21-,22-,23+,24+/m0/s1. The smallest absolute Gasteiger partial charge is 0.389 e. The van der Waals surface area contributed by atoms with E-state index in [9.17, 15) is 48.6 Å². The fourth-order valence-corrected chi connectivity index (χ4v) is 6.31. The molecule has 0 aromatic carbocycles. The maximum absolute atomic E-state index is 13.8. The number of amides is 2. The van der Waals surface area contributed by atoms with Crippen molar-refractivity contribution in [3.8, 4) is 0 Å². The topological polar surface area (TPSA) is 275 Å². The second-order valence-corrected chi connectivity index (χ2v) is 12.2. The van der Waals surface area contributed by atoms with Crippen molar-refractivity contribution in [2.45, 2.75) is 73.8 Å². The number of aliphatic hydroxyl groups is 2. The maximum atomic E-state index is 13.8. The predicted octanol–water partition coefficient (Wildman–Crippen LogP) is -0.433. The Labute approximate surface area is 297 Å². The fraction of sp³-hybridized carbons (Fsp3) is 0.625. The molecular weight excluding hydrogens is 860 g/mol. The first-order valence-corrected chi connectivity index (χ1v) is 15.3. The summed E-state index contributed by atoms with van der Waals surface area (Å²) in [5, 5.41) is 22.5. The number of hydrogen-bond acceptors (Lipinski definition) is 19. The highest BCUT2D eigenvalue weighted by molar-refractivity contribution is 9.11. The molecule has 48 heavy (non-hydrogen) atoms. The number of ether oxygens (including phenoxy) is 3. The van der Waals surface area contributed by atoms with Gasteiger partial charge in [-0.25, -0.2) is 14.4 Å². The van der Waals surface area contributed by atoms with Crippen molar-refractivity contribution in [2.75, 3.05) is 20.2 Å². The van der Waals surface area contributed by atoms with Crippen LogP contribution in [0.4, 0.5) is 0 Å². The van der Waals surface area contributed by atoms with Crippen LogP contribution in [-0.4, -0.2) is 108 Å². The first-order valence-electron chi connectivity index (χ1n) is 12.8. The SMILES string of the molecule is CC(=O)OCCNC(=O)[C@@](O)(C(O)Br)[C@@](Br)(OOC(C)=O)[C@@](OOC(C)=O)(N(C)C(C)=O)[C@@](Br)(OOC(C)=O)[C](OC(C)=O)OC(C)=O. The van der Waals surface area contributed by atoms with Gasteiger partial charge in [-0.15, -0.1) is 4.89 Å². The van der Waals surface area contributed by atoms with Crippen LogP contribution in [0.15, 0.2) is 0 Å². The molecule has 2 amide bonds. The number of nitrogens with zero attached hydrogens (tertiary/aromatic N) is 1. The predicted molar refractivity (Wildman–Crippen MR) is 159 cm³/mol. The van der Waals surface area contributed by atoms with Crippen molar-refractivity contribution >= 4 is 95.4 Å². The Hall–Kier alpha value is -3.00. The highest BCUT2D eigenvalue weighted by Crippen LogP contribution is 2.59. The van der Waals surface area contributed by atoms with Crippen LogP contribution in [0.1, 0.15) is 48.5 Å². The normalized spacial score (nSPS) is 16.6. The number of alkyl halides is 3. The molecule has 0 saturated carbocycles. The molecule has 0 spiro atoms. The minimum Gasteiger partial charge on any atom is -0.464 e. The van der Waals surface area contributed by atoms with Gasteiger partial charge in [-0.2, -0.15) is 9.78 Å². The van der Waals surface area contributed by atoms with Crippen LogP contribution >= 0.6 is 47.8 Å². The second-order valence-electron chi connectivity index (χ2n) is 9.06. The molecule has 21 nitrogen and oxygen atoms in total. The van der Waals surface area contributed by atoms with Crippen LogP contribution in [0.3, 0.4) is 0 Å². The molecule has 0 bridgehead atoms. The summed E-state index contributed by atoms with van der Waals surface area (Å²) in [7, 11) is 0.741. The molecule has 1 radical (unpaired) electrons. The van der Waals surface area contributed by atoms with Crippen LogP contribution < -0.4 is 5.32 Å². The molecule has 0 aromatic heterocycles. The Balaban J connectivity index is 8.70. The minimum atomic E-state index is -3.82. The molecule has 0 saturated heterocycles. The van der Waals surface area contributed by atoms with Gasteiger partial charge in [-0.3, -0.25) is 38.6 Å². The lowest BCUT2D eigenvalue weighted by atomic mass is 9.83. The summed E-state index contributed by atoms with van der Waals surface area (Å²) < 4.78 is 7.38. The molecule has 0 aliphatic heterocycles. The third-order valence-electron chi connectivity index (χ3n) is 5.25. The van der Waals surface area contributed by atoms with E-state index in [1.165, 1.54) is 0 Å². The summed E-state index contributed by atoms with van der Waals surface area (Å²) in [5.74, 6) is -10.5. The van der Waals surface area contributed by atoms with Crippen molar-refractivity contribution in [2.24, 2.45) is 0 Å². The molecular formula is C24H32Br3N2O19. The molecule has 0 fully saturated rings. The van der Waals surface area contributed by atoms with E-state index in [2.05, 4.69) is 62.9 Å². The van der Waals surface area contributed by atoms with Crippen LogP contribution in [0.25, 0.3) is 0 Å². The van der Waals surface area contributed by atoms with E-state index in [-0.39, 0.29) is 4.90 Å². The molecule has 0 aliphatic rings. The van der Waals surface area contributed by atoms with Crippen LogP contribution in [0, 0.1) is 6.29 Å². The fourth-order valence-electron chi connectivity index (χ4n) is 3.30. The summed E-state index contributed by atoms with van der Waals surface area (Å²) in [6.45, 7) is 4.38. The Morgan fingerprint density at radius 1 is 0.729 bits per heavy atom. The Morgan fingerprint density at radius 3 is 1.54 bits per heavy atom. The van der Waals surface area contributed by atoms with E-state index < -0.39 is 92.4 Å². The number of likely N-dealkylation sites (N-methyl/N-ethyl adjacent to an activating group) is 1. The van der Waals surface area contributed by atoms with Gasteiger partial charge >= 0.3 is 46.6 Å². The maximum Gasteiger partial charge on any atom is 0.389 e. The molecule has 3 N–H and O–H groups in total. The Morgan fingerprint density at radius 2 is 1.17 bits per heavy atom. The molecule has 273 valence electrons. The Bertz CT molecular complexity index is 1240. The molecule has 0 aliphatic carbocycles. The summed E-state index contributed by atoms with van der Waals surface area (Å²) in [5.41, 5.74) is -7.60. The van der Waals surface area contributed by atoms with Gasteiger partial charge in [0.2, 0.25) is 11.5 Å². The van der Waals surface area contributed by atoms with E-state index >= 15 is 0 Å². The first kappa shape index (κ1) is 45.0. The van der Waals surface area contributed by atoms with E-state index in [4.69, 9.17) is 33.8 Å². The number of carbonyl (C=O) groups is 8. The van der Waals surface area contributed by atoms with E-state index in [0.717, 1.165) is 55.5 Å². The number of carbonyl (C=O) groups excluding carboxylic acids is 8. The molecule has 24 heteroatoms. The van der Waals surface area contributed by atoms with Gasteiger partial charge in [-0.1, -0.05) is 15.9 Å². The number of esters is 3. The summed E-state index contributed by atoms with van der Waals surface area (Å²) in [4.78, 5) is 129. The number of nitrogens with one attached hydrogen (secondary N) is 1. The monoisotopic (exact) mass is 889 g/mol. The van der Waals surface area contributed by atoms with E-state index in [0.29, 0.717) is 0 Å². The van der Waals surface area contributed by atoms with Gasteiger partial charge in [0.1, 0.15) is 6.61 Å². The minimum absolute atomic E-state index is 0.228. The number of hydrogen-bond donors (Lipinski definition) is 3. The summed E-state index contributed by atoms with van der Waals surface area (Å²) in [6.07, 6.45) is -1.51. The number of halogens is 3. The molecule has 0 aromatic rings. The van der Waals surface area contributed by atoms with Crippen molar-refractivity contribution in [3.63, 3.8) is 0 Å². The van der Waals surface area contributed by atoms with Gasteiger partial charge in [0.05, 0.1) is 6.54 Å². The third kappa shape index (κ3) is 10.5. The molecule has 5 atom stereocenters. The lowest BCUT2D eigenvalue weighted by molar-refractivity contribution is -0.487. The second kappa shape index (κ2) is 18.7. The van der Waals surface area contributed by atoms with Gasteiger partial charge < -0.3 is 34.6 Å². The summed E-state index contributed by atoms with van der Waals surface area (Å²) in [6, 6.07) is 0. The zero-order valence-corrected chi connectivity index (χ0v) is 31.2. The van der Waals surface area contributed by atoms with Gasteiger partial charge in [-0.05, 0) is 31.9 Å². The lowest BCUT2D eigenvalue weighted by Gasteiger charge is -2.56. The molecule has 0 rings (SSSR count). The molecule has 1 unspecified atom stereocenters. The largest absolute Gasteiger partial charge is 0.464 e. The average molecular weight is 892 g/mol. The van der Waals surface area contributed by atoms with Crippen LogP contribution in [0.2, 0.25) is 0 Å². The van der Waals surface area contributed by atoms with Gasteiger partial charge in [0.15, 0.2) is 5.01 Å². The highest BCUT2D eigenvalue weighted by Gasteiger charge is 2.86. The Kier molecular flexibility index (Phi) is 17.5. The van der Waals surface area contributed by atoms with Gasteiger partial charge in [0, 0.05) is 55.5 Å². The zero-order chi connectivity index (χ0) is 37.8. The van der Waals surface area contributed by atoms with Crippen molar-refractivity contribution < 1.29 is 92.1 Å². The highest BCUT2D eigenvalue weighted by atomic mass is 79.9. The van der Waals surface area contributed by atoms with Crippen molar-refractivity contribution in [3.05, 3.63) is 6.29 Å². The average Bonchev–Trinajstić information content (AvgIpc) is 2.95. The molecule has 0 heterocycles. The van der Waals surface area contributed by atoms with E-state index in [1.807, 2.05) is 0 Å². The lowest BCUT2D eigenvalue weighted by Crippen LogP contribution is -2.84. The third-order valence-corrected chi connectivity index (χ3v) is 8.18. The van der Waals surface area contributed by atoms with Gasteiger partial charge in [0.25, 0.3) is 16.1 Å². The zero-order valence-electron chi connectivity index (χ0n) is 26.4. The quantitative estimate of drug-likeness (QED) is 0.0393. The first-order chi connectivity index (χ1) is 21.9. The van der Waals surface area contributed by atoms with Crippen LogP contribution in [0.5, 0.6) is 0 Å². The van der Waals surface area contributed by atoms with E-state index in [1.54, 1.807) is 0 Å². The van der Waals surface area contributed by atoms with Crippen molar-refractivity contribution in [1.29, 1.82) is 0 Å². The van der Waals surface area contributed by atoms with Crippen LogP contribution in [-0.2, 0) is 81.9 Å². The van der Waals surface area contributed by atoms with Crippen molar-refractivity contribution in [1.82, 2.24) is 10.2 Å². The number of rotatable bonds is 18. The summed E-state index contributed by atoms with van der Waals surface area (Å²) >= 11 is 8.26. The number of aliphatic hydroxyl groups excluding tert-OH is 1.